The van der Waals surface area contributed by atoms with Crippen molar-refractivity contribution in [1.82, 2.24) is 10.6 Å². The Balaban J connectivity index is 0.000000716. The van der Waals surface area contributed by atoms with Crippen LogP contribution in [-0.4, -0.2) is 49.9 Å². The lowest BCUT2D eigenvalue weighted by Gasteiger charge is -2.20. The maximum atomic E-state index is 11.7. The van der Waals surface area contributed by atoms with E-state index in [1.165, 1.54) is 12.7 Å². The first-order valence-electron chi connectivity index (χ1n) is 11.0. The van der Waals surface area contributed by atoms with E-state index in [2.05, 4.69) is 28.9 Å². The van der Waals surface area contributed by atoms with Crippen LogP contribution in [0.2, 0.25) is 0 Å². The van der Waals surface area contributed by atoms with Crippen LogP contribution >= 0.6 is 0 Å². The molecule has 0 spiro atoms. The molecule has 0 radical (unpaired) electrons. The second-order valence-corrected chi connectivity index (χ2v) is 8.87. The van der Waals surface area contributed by atoms with Crippen molar-refractivity contribution in [3.05, 3.63) is 42.5 Å². The molecule has 2 amide bonds. The zero-order chi connectivity index (χ0) is 25.4. The third kappa shape index (κ3) is 16.3. The molecular weight excluding hydrogens is 424 g/mol. The summed E-state index contributed by atoms with van der Waals surface area (Å²) in [5, 5.41) is 4.86. The van der Waals surface area contributed by atoms with Gasteiger partial charge in [-0.3, -0.25) is 4.79 Å². The minimum absolute atomic E-state index is 0.216. The van der Waals surface area contributed by atoms with Gasteiger partial charge < -0.3 is 24.8 Å². The molecule has 0 aromatic heterocycles. The lowest BCUT2D eigenvalue weighted by atomic mass is 10.0. The summed E-state index contributed by atoms with van der Waals surface area (Å²) in [6.45, 7) is 15.2. The van der Waals surface area contributed by atoms with Gasteiger partial charge >= 0.3 is 12.1 Å². The highest BCUT2D eigenvalue weighted by Gasteiger charge is 2.23. The Morgan fingerprint density at radius 1 is 1.12 bits per heavy atom. The first kappa shape index (κ1) is 30.0. The quantitative estimate of drug-likeness (QED) is 0.306. The van der Waals surface area contributed by atoms with Crippen LogP contribution in [-0.2, 0) is 19.1 Å². The standard InChI is InChI=1S/C14H26N2O5.C11H14O/c1-9(2)7-10(12(18)20-6)16-11(17)8-15-13(19)21-14(3,4)5;1-3-4-9-12-11-7-5-10(2)6-8-11/h9-10H,7-8H2,1-6H3,(H,15,19)(H,16,17);3,5-8H,1,4,9H2,2H3. The first-order chi connectivity index (χ1) is 15.4. The number of nitrogens with one attached hydrogen (secondary N) is 2. The molecule has 1 aromatic rings. The molecule has 186 valence electrons. The van der Waals surface area contributed by atoms with Gasteiger partial charge in [0.05, 0.1) is 13.7 Å². The van der Waals surface area contributed by atoms with E-state index in [9.17, 15) is 14.4 Å². The molecule has 1 aromatic carbocycles. The highest BCUT2D eigenvalue weighted by molar-refractivity contribution is 5.87. The fraction of sp³-hybridized carbons (Fsp3) is 0.560. The number of rotatable bonds is 10. The predicted octanol–water partition coefficient (Wildman–Crippen LogP) is 4.16. The predicted molar refractivity (Wildman–Crippen MR) is 129 cm³/mol. The Kier molecular flexibility index (Phi) is 14.3. The highest BCUT2D eigenvalue weighted by Crippen LogP contribution is 2.11. The van der Waals surface area contributed by atoms with E-state index in [4.69, 9.17) is 9.47 Å². The van der Waals surface area contributed by atoms with Gasteiger partial charge in [-0.15, -0.1) is 6.58 Å². The van der Waals surface area contributed by atoms with Crippen LogP contribution in [0.3, 0.4) is 0 Å². The Bertz CT molecular complexity index is 738. The molecule has 1 rings (SSSR count). The van der Waals surface area contributed by atoms with Gasteiger partial charge in [0.15, 0.2) is 0 Å². The summed E-state index contributed by atoms with van der Waals surface area (Å²) in [5.74, 6) is 0.168. The summed E-state index contributed by atoms with van der Waals surface area (Å²) >= 11 is 0. The summed E-state index contributed by atoms with van der Waals surface area (Å²) in [6, 6.07) is 7.34. The van der Waals surface area contributed by atoms with Crippen LogP contribution < -0.4 is 15.4 Å². The molecule has 0 saturated carbocycles. The minimum atomic E-state index is -0.720. The van der Waals surface area contributed by atoms with Crippen molar-refractivity contribution < 1.29 is 28.6 Å². The van der Waals surface area contributed by atoms with Crippen LogP contribution in [0.5, 0.6) is 5.75 Å². The van der Waals surface area contributed by atoms with E-state index in [0.717, 1.165) is 12.2 Å². The molecule has 0 fully saturated rings. The molecule has 0 saturated heterocycles. The first-order valence-corrected chi connectivity index (χ1v) is 11.0. The van der Waals surface area contributed by atoms with E-state index in [1.807, 2.05) is 44.2 Å². The fourth-order valence-corrected chi connectivity index (χ4v) is 2.43. The van der Waals surface area contributed by atoms with E-state index in [1.54, 1.807) is 20.8 Å². The van der Waals surface area contributed by atoms with Crippen LogP contribution in [0, 0.1) is 12.8 Å². The van der Waals surface area contributed by atoms with Crippen molar-refractivity contribution in [3.63, 3.8) is 0 Å². The Morgan fingerprint density at radius 3 is 2.21 bits per heavy atom. The summed E-state index contributed by atoms with van der Waals surface area (Å²) in [7, 11) is 1.26. The second kappa shape index (κ2) is 15.7. The summed E-state index contributed by atoms with van der Waals surface area (Å²) in [5.41, 5.74) is 0.623. The smallest absolute Gasteiger partial charge is 0.408 e. The number of aryl methyl sites for hydroxylation is 1. The number of hydrogen-bond donors (Lipinski definition) is 2. The fourth-order valence-electron chi connectivity index (χ4n) is 2.43. The van der Waals surface area contributed by atoms with Gasteiger partial charge in [-0.05, 0) is 58.6 Å². The van der Waals surface area contributed by atoms with Crippen LogP contribution in [0.1, 0.15) is 53.0 Å². The van der Waals surface area contributed by atoms with Gasteiger partial charge in [-0.25, -0.2) is 9.59 Å². The summed E-state index contributed by atoms with van der Waals surface area (Å²) in [6.07, 6.45) is 2.53. The Labute approximate surface area is 198 Å². The number of amides is 2. The molecule has 33 heavy (non-hydrogen) atoms. The van der Waals surface area contributed by atoms with E-state index in [-0.39, 0.29) is 12.5 Å². The van der Waals surface area contributed by atoms with Crippen molar-refractivity contribution in [2.75, 3.05) is 20.3 Å². The SMILES string of the molecule is C=CCCOc1ccc(C)cc1.COC(=O)C(CC(C)C)NC(=O)CNC(=O)OC(C)(C)C. The number of methoxy groups -OCH3 is 1. The molecule has 0 aliphatic carbocycles. The second-order valence-electron chi connectivity index (χ2n) is 8.87. The van der Waals surface area contributed by atoms with Crippen molar-refractivity contribution in [2.45, 2.75) is 66.0 Å². The van der Waals surface area contributed by atoms with E-state index in [0.29, 0.717) is 13.0 Å². The zero-order valence-corrected chi connectivity index (χ0v) is 21.0. The maximum absolute atomic E-state index is 11.7. The Hall–Kier alpha value is -3.03. The maximum Gasteiger partial charge on any atom is 0.408 e. The average molecular weight is 465 g/mol. The summed E-state index contributed by atoms with van der Waals surface area (Å²) < 4.78 is 15.1. The molecule has 1 atom stereocenters. The van der Waals surface area contributed by atoms with Crippen molar-refractivity contribution in [1.29, 1.82) is 0 Å². The number of carbonyl (C=O) groups excluding carboxylic acids is 3. The van der Waals surface area contributed by atoms with E-state index < -0.39 is 29.6 Å². The number of alkyl carbamates (subject to hydrolysis) is 1. The monoisotopic (exact) mass is 464 g/mol. The third-order valence-corrected chi connectivity index (χ3v) is 3.93. The number of ether oxygens (including phenoxy) is 3. The Morgan fingerprint density at radius 2 is 1.73 bits per heavy atom. The third-order valence-electron chi connectivity index (χ3n) is 3.93. The van der Waals surface area contributed by atoms with Gasteiger partial charge in [0, 0.05) is 0 Å². The number of esters is 1. The lowest BCUT2D eigenvalue weighted by Crippen LogP contribution is -2.47. The van der Waals surface area contributed by atoms with Gasteiger partial charge in [0.25, 0.3) is 0 Å². The number of benzene rings is 1. The molecule has 0 heterocycles. The zero-order valence-electron chi connectivity index (χ0n) is 21.0. The minimum Gasteiger partial charge on any atom is -0.493 e. The van der Waals surface area contributed by atoms with E-state index >= 15 is 0 Å². The van der Waals surface area contributed by atoms with Crippen molar-refractivity contribution in [2.24, 2.45) is 5.92 Å². The molecule has 8 nitrogen and oxygen atoms in total. The lowest BCUT2D eigenvalue weighted by molar-refractivity contribution is -0.145. The van der Waals surface area contributed by atoms with Gasteiger partial charge in [-0.2, -0.15) is 0 Å². The van der Waals surface area contributed by atoms with Crippen LogP contribution in [0.25, 0.3) is 0 Å². The molecular formula is C25H40N2O6. The number of carbonyl (C=O) groups is 3. The molecule has 0 aliphatic heterocycles. The normalized spacial score (nSPS) is 11.4. The molecule has 8 heteroatoms. The molecule has 0 bridgehead atoms. The van der Waals surface area contributed by atoms with Crippen molar-refractivity contribution >= 4 is 18.0 Å². The molecule has 1 unspecified atom stereocenters. The average Bonchev–Trinajstić information content (AvgIpc) is 2.72. The van der Waals surface area contributed by atoms with Gasteiger partial charge in [-0.1, -0.05) is 37.6 Å². The topological polar surface area (TPSA) is 103 Å². The molecule has 0 aliphatic rings. The summed E-state index contributed by atoms with van der Waals surface area (Å²) in [4.78, 5) is 34.7. The van der Waals surface area contributed by atoms with Gasteiger partial charge in [0.1, 0.15) is 23.9 Å². The largest absolute Gasteiger partial charge is 0.493 e. The van der Waals surface area contributed by atoms with Crippen LogP contribution in [0.15, 0.2) is 36.9 Å². The highest BCUT2D eigenvalue weighted by atomic mass is 16.6. The van der Waals surface area contributed by atoms with Crippen molar-refractivity contribution in [3.8, 4) is 5.75 Å². The van der Waals surface area contributed by atoms with Crippen LogP contribution in [0.4, 0.5) is 4.79 Å². The molecule has 2 N–H and O–H groups in total. The number of hydrogen-bond acceptors (Lipinski definition) is 6. The van der Waals surface area contributed by atoms with Gasteiger partial charge in [0.2, 0.25) is 5.91 Å².